The van der Waals surface area contributed by atoms with Gasteiger partial charge in [0.2, 0.25) is 5.91 Å². The molecule has 4 fully saturated rings. The SMILES string of the molecule is CC(=O)Nc1ccc2c(c1)[C@@H]1C[C@H]2[C@H]2[C@H]3CC[C@H]([C@@H](COS(=O)(=O)c4ccc(C)cc4)[C@@H]3COS(=O)(=O)c3ccc(C)cc3)[C@H]21. The van der Waals surface area contributed by atoms with E-state index in [1.807, 2.05) is 19.9 Å². The smallest absolute Gasteiger partial charge is 0.296 e. The van der Waals surface area contributed by atoms with E-state index in [1.165, 1.54) is 18.1 Å². The Bertz CT molecular complexity index is 1840. The van der Waals surface area contributed by atoms with Crippen molar-refractivity contribution in [2.45, 2.75) is 61.7 Å². The molecule has 0 aromatic heterocycles. The Balaban J connectivity index is 1.20. The number of rotatable bonds is 9. The third kappa shape index (κ3) is 5.43. The molecule has 1 N–H and O–H groups in total. The summed E-state index contributed by atoms with van der Waals surface area (Å²) >= 11 is 0. The Morgan fingerprint density at radius 3 is 1.64 bits per heavy atom. The monoisotopic (exact) mass is 649 g/mol. The van der Waals surface area contributed by atoms with Gasteiger partial charge in [-0.2, -0.15) is 16.8 Å². The van der Waals surface area contributed by atoms with Gasteiger partial charge in [0.05, 0.1) is 23.0 Å². The number of hydrogen-bond acceptors (Lipinski definition) is 7. The number of carbonyl (C=O) groups excluding carboxylic acids is 1. The minimum absolute atomic E-state index is 0.00901. The van der Waals surface area contributed by atoms with Crippen LogP contribution in [-0.4, -0.2) is 36.0 Å². The lowest BCUT2D eigenvalue weighted by molar-refractivity contribution is -0.114. The van der Waals surface area contributed by atoms with E-state index in [-0.39, 0.29) is 52.6 Å². The molecular formula is C35H39NO7S2. The number of nitrogens with one attached hydrogen (secondary N) is 1. The lowest BCUT2D eigenvalue weighted by Gasteiger charge is -2.58. The number of benzene rings is 3. The van der Waals surface area contributed by atoms with Crippen molar-refractivity contribution >= 4 is 31.8 Å². The lowest BCUT2D eigenvalue weighted by atomic mass is 9.47. The fourth-order valence-electron chi connectivity index (χ4n) is 9.26. The number of amides is 1. The fourth-order valence-corrected chi connectivity index (χ4v) is 11.1. The molecule has 10 heteroatoms. The van der Waals surface area contributed by atoms with Crippen LogP contribution in [0.5, 0.6) is 0 Å². The van der Waals surface area contributed by atoms with Gasteiger partial charge in [0.15, 0.2) is 0 Å². The van der Waals surface area contributed by atoms with Crippen molar-refractivity contribution in [2.24, 2.45) is 35.5 Å². The van der Waals surface area contributed by atoms with Gasteiger partial charge in [-0.3, -0.25) is 13.2 Å². The average molecular weight is 650 g/mol. The average Bonchev–Trinajstić information content (AvgIpc) is 3.58. The van der Waals surface area contributed by atoms with Gasteiger partial charge < -0.3 is 5.32 Å². The number of anilines is 1. The van der Waals surface area contributed by atoms with Crippen LogP contribution in [0.1, 0.15) is 60.3 Å². The Hall–Kier alpha value is -3.05. The molecule has 3 aromatic rings. The van der Waals surface area contributed by atoms with Gasteiger partial charge in [-0.05, 0) is 128 Å². The zero-order chi connectivity index (χ0) is 31.7. The molecule has 0 unspecified atom stereocenters. The lowest BCUT2D eigenvalue weighted by Crippen LogP contribution is -2.55. The van der Waals surface area contributed by atoms with Gasteiger partial charge in [0, 0.05) is 12.6 Å². The molecular weight excluding hydrogens is 611 g/mol. The zero-order valence-electron chi connectivity index (χ0n) is 25.7. The summed E-state index contributed by atoms with van der Waals surface area (Å²) < 4.78 is 64.7. The van der Waals surface area contributed by atoms with Crippen molar-refractivity contribution in [1.29, 1.82) is 0 Å². The van der Waals surface area contributed by atoms with E-state index in [2.05, 4.69) is 17.4 Å². The number of aryl methyl sites for hydroxylation is 2. The minimum atomic E-state index is -4.00. The van der Waals surface area contributed by atoms with Crippen LogP contribution in [0.15, 0.2) is 76.5 Å². The summed E-state index contributed by atoms with van der Waals surface area (Å²) in [5.74, 6) is 1.26. The summed E-state index contributed by atoms with van der Waals surface area (Å²) in [6.45, 7) is 5.27. The van der Waals surface area contributed by atoms with Crippen LogP contribution in [-0.2, 0) is 33.4 Å². The minimum Gasteiger partial charge on any atom is -0.326 e. The summed E-state index contributed by atoms with van der Waals surface area (Å²) in [6.07, 6.45) is 2.91. The Kier molecular flexibility index (Phi) is 7.70. The van der Waals surface area contributed by atoms with Crippen molar-refractivity contribution in [3.63, 3.8) is 0 Å². The maximum atomic E-state index is 13.3. The first-order valence-electron chi connectivity index (χ1n) is 15.8. The molecule has 0 spiro atoms. The van der Waals surface area contributed by atoms with Crippen molar-refractivity contribution in [1.82, 2.24) is 0 Å². The molecule has 4 saturated carbocycles. The third-order valence-electron chi connectivity index (χ3n) is 11.0. The topological polar surface area (TPSA) is 116 Å². The molecule has 8 atom stereocenters. The van der Waals surface area contributed by atoms with Crippen LogP contribution in [0, 0.1) is 49.4 Å². The second kappa shape index (κ2) is 11.3. The fraction of sp³-hybridized carbons (Fsp3) is 0.457. The molecule has 0 heterocycles. The van der Waals surface area contributed by atoms with E-state index in [9.17, 15) is 21.6 Å². The maximum absolute atomic E-state index is 13.3. The Morgan fingerprint density at radius 2 is 1.18 bits per heavy atom. The molecule has 5 aliphatic rings. The molecule has 3 aromatic carbocycles. The molecule has 45 heavy (non-hydrogen) atoms. The van der Waals surface area contributed by atoms with Crippen molar-refractivity contribution in [3.05, 3.63) is 89.0 Å². The van der Waals surface area contributed by atoms with Crippen LogP contribution in [0.4, 0.5) is 5.69 Å². The van der Waals surface area contributed by atoms with Gasteiger partial charge >= 0.3 is 0 Å². The number of fused-ring (bicyclic) bond motifs is 7. The van der Waals surface area contributed by atoms with Gasteiger partial charge in [-0.15, -0.1) is 0 Å². The number of carbonyl (C=O) groups is 1. The first-order chi connectivity index (χ1) is 21.4. The highest BCUT2D eigenvalue weighted by molar-refractivity contribution is 7.87. The first-order valence-corrected chi connectivity index (χ1v) is 18.6. The molecule has 8 nitrogen and oxygen atoms in total. The third-order valence-corrected chi connectivity index (χ3v) is 13.6. The van der Waals surface area contributed by atoms with E-state index in [1.54, 1.807) is 48.5 Å². The molecule has 8 rings (SSSR count). The van der Waals surface area contributed by atoms with Gasteiger partial charge in [-0.1, -0.05) is 41.5 Å². The molecule has 238 valence electrons. The Morgan fingerprint density at radius 1 is 0.711 bits per heavy atom. The molecule has 1 amide bonds. The standard InChI is InChI=1S/C35H39NO7S2/c1-20-4-9-24(10-5-20)44(38,39)42-18-32-27-14-15-28(33(32)19-43-45(40,41)25-11-6-21(2)7-12-25)35-31-17-30(34(27)35)26-13-8-23(16-29(26)31)36-22(3)37/h4-13,16,27-28,30-35H,14-15,17-19H2,1-3H3,(H,36,37)/t27-,28+,30+,31-,32+,33+,34+,35-/m0/s1. The van der Waals surface area contributed by atoms with E-state index < -0.39 is 20.2 Å². The van der Waals surface area contributed by atoms with Gasteiger partial charge in [0.25, 0.3) is 20.2 Å². The second-order valence-electron chi connectivity index (χ2n) is 13.5. The van der Waals surface area contributed by atoms with Crippen LogP contribution in [0.3, 0.4) is 0 Å². The molecule has 0 saturated heterocycles. The highest BCUT2D eigenvalue weighted by Crippen LogP contribution is 2.71. The van der Waals surface area contributed by atoms with Crippen LogP contribution < -0.4 is 5.32 Å². The molecule has 0 radical (unpaired) electrons. The molecule has 5 aliphatic carbocycles. The summed E-state index contributed by atoms with van der Waals surface area (Å²) in [7, 11) is -8.00. The summed E-state index contributed by atoms with van der Waals surface area (Å²) in [4.78, 5) is 12.0. The van der Waals surface area contributed by atoms with Crippen molar-refractivity contribution in [2.75, 3.05) is 18.5 Å². The van der Waals surface area contributed by atoms with Crippen molar-refractivity contribution in [3.8, 4) is 0 Å². The predicted octanol–water partition coefficient (Wildman–Crippen LogP) is 6.16. The second-order valence-corrected chi connectivity index (χ2v) is 16.7. The normalized spacial score (nSPS) is 29.8. The van der Waals surface area contributed by atoms with Gasteiger partial charge in [0.1, 0.15) is 0 Å². The quantitative estimate of drug-likeness (QED) is 0.276. The maximum Gasteiger partial charge on any atom is 0.296 e. The Labute approximate surface area is 265 Å². The number of hydrogen-bond donors (Lipinski definition) is 1. The largest absolute Gasteiger partial charge is 0.326 e. The van der Waals surface area contributed by atoms with Crippen LogP contribution >= 0.6 is 0 Å². The highest BCUT2D eigenvalue weighted by atomic mass is 32.2. The van der Waals surface area contributed by atoms with Crippen LogP contribution in [0.2, 0.25) is 0 Å². The molecule has 0 aliphatic heterocycles. The van der Waals surface area contributed by atoms with Crippen molar-refractivity contribution < 1.29 is 30.0 Å². The summed E-state index contributed by atoms with van der Waals surface area (Å²) in [6, 6.07) is 19.5. The van der Waals surface area contributed by atoms with Crippen LogP contribution in [0.25, 0.3) is 0 Å². The van der Waals surface area contributed by atoms with Gasteiger partial charge in [-0.25, -0.2) is 0 Å². The zero-order valence-corrected chi connectivity index (χ0v) is 27.3. The summed E-state index contributed by atoms with van der Waals surface area (Å²) in [5.41, 5.74) is 5.31. The first kappa shape index (κ1) is 30.6. The van der Waals surface area contributed by atoms with E-state index in [4.69, 9.17) is 8.37 Å². The predicted molar refractivity (Wildman–Crippen MR) is 170 cm³/mol. The van der Waals surface area contributed by atoms with E-state index in [0.29, 0.717) is 23.7 Å². The summed E-state index contributed by atoms with van der Waals surface area (Å²) in [5, 5.41) is 2.92. The molecule has 4 bridgehead atoms. The van der Waals surface area contributed by atoms with E-state index in [0.717, 1.165) is 36.1 Å². The highest BCUT2D eigenvalue weighted by Gasteiger charge is 2.64. The van der Waals surface area contributed by atoms with E-state index >= 15 is 0 Å².